The number of aryl methyl sites for hydroxylation is 1. The molecular formula is C15H14N2S. The van der Waals surface area contributed by atoms with Gasteiger partial charge >= 0.3 is 0 Å². The average molecular weight is 254 g/mol. The minimum Gasteiger partial charge on any atom is -0.345 e. The predicted octanol–water partition coefficient (Wildman–Crippen LogP) is 4.04. The van der Waals surface area contributed by atoms with Crippen molar-refractivity contribution >= 4 is 11.3 Å². The Morgan fingerprint density at radius 3 is 2.72 bits per heavy atom. The quantitative estimate of drug-likeness (QED) is 0.751. The summed E-state index contributed by atoms with van der Waals surface area (Å²) in [5.41, 5.74) is 4.69. The molecule has 2 nitrogen and oxygen atoms in total. The standard InChI is InChI=1S/C15H14N2S/c1-11-15(13-7-8-18-10-13)17-14(16-11)9-12-5-3-2-4-6-12/h2-8,10H,9H2,1H3,(H,16,17). The van der Waals surface area contributed by atoms with E-state index < -0.39 is 0 Å². The van der Waals surface area contributed by atoms with Crippen LogP contribution in [0.1, 0.15) is 17.1 Å². The second kappa shape index (κ2) is 4.78. The van der Waals surface area contributed by atoms with Gasteiger partial charge in [-0.1, -0.05) is 30.3 Å². The Morgan fingerprint density at radius 1 is 1.17 bits per heavy atom. The van der Waals surface area contributed by atoms with Crippen molar-refractivity contribution in [3.8, 4) is 11.3 Å². The Bertz CT molecular complexity index is 624. The molecule has 0 unspecified atom stereocenters. The molecule has 0 aliphatic rings. The van der Waals surface area contributed by atoms with Crippen molar-refractivity contribution in [2.75, 3.05) is 0 Å². The average Bonchev–Trinajstić information content (AvgIpc) is 3.00. The number of benzene rings is 1. The Kier molecular flexibility index (Phi) is 2.99. The molecule has 3 aromatic rings. The maximum Gasteiger partial charge on any atom is 0.111 e. The second-order valence-corrected chi connectivity index (χ2v) is 5.11. The highest BCUT2D eigenvalue weighted by Crippen LogP contribution is 2.24. The van der Waals surface area contributed by atoms with E-state index in [1.54, 1.807) is 11.3 Å². The van der Waals surface area contributed by atoms with Crippen LogP contribution in [0.4, 0.5) is 0 Å². The maximum atomic E-state index is 4.70. The zero-order chi connectivity index (χ0) is 12.4. The SMILES string of the molecule is Cc1[nH]c(Cc2ccccc2)nc1-c1ccsc1. The summed E-state index contributed by atoms with van der Waals surface area (Å²) in [5.74, 6) is 1.03. The number of hydrogen-bond acceptors (Lipinski definition) is 2. The molecule has 2 aromatic heterocycles. The molecule has 90 valence electrons. The van der Waals surface area contributed by atoms with Crippen LogP contribution in [0.15, 0.2) is 47.2 Å². The summed E-state index contributed by atoms with van der Waals surface area (Å²) in [6.07, 6.45) is 0.853. The van der Waals surface area contributed by atoms with E-state index in [2.05, 4.69) is 53.0 Å². The number of H-pyrrole nitrogens is 1. The third kappa shape index (κ3) is 2.22. The van der Waals surface area contributed by atoms with Crippen LogP contribution in [0.25, 0.3) is 11.3 Å². The van der Waals surface area contributed by atoms with E-state index in [1.807, 2.05) is 6.07 Å². The van der Waals surface area contributed by atoms with Gasteiger partial charge in [0.05, 0.1) is 5.69 Å². The van der Waals surface area contributed by atoms with Crippen molar-refractivity contribution < 1.29 is 0 Å². The Hall–Kier alpha value is -1.87. The number of nitrogens with one attached hydrogen (secondary N) is 1. The van der Waals surface area contributed by atoms with E-state index in [-0.39, 0.29) is 0 Å². The predicted molar refractivity (Wildman–Crippen MR) is 75.9 cm³/mol. The van der Waals surface area contributed by atoms with Gasteiger partial charge in [-0.2, -0.15) is 11.3 Å². The van der Waals surface area contributed by atoms with Gasteiger partial charge in [0.1, 0.15) is 5.82 Å². The fourth-order valence-corrected chi connectivity index (χ4v) is 2.72. The minimum absolute atomic E-state index is 0.853. The van der Waals surface area contributed by atoms with Crippen LogP contribution in [0.2, 0.25) is 0 Å². The van der Waals surface area contributed by atoms with Crippen LogP contribution >= 0.6 is 11.3 Å². The van der Waals surface area contributed by atoms with Gasteiger partial charge in [-0.05, 0) is 23.9 Å². The lowest BCUT2D eigenvalue weighted by Gasteiger charge is -1.96. The van der Waals surface area contributed by atoms with Crippen LogP contribution in [0, 0.1) is 6.92 Å². The van der Waals surface area contributed by atoms with Gasteiger partial charge < -0.3 is 4.98 Å². The summed E-state index contributed by atoms with van der Waals surface area (Å²) in [5, 5.41) is 4.22. The number of hydrogen-bond donors (Lipinski definition) is 1. The lowest BCUT2D eigenvalue weighted by atomic mass is 10.1. The van der Waals surface area contributed by atoms with Gasteiger partial charge in [0, 0.05) is 23.1 Å². The molecule has 0 saturated heterocycles. The zero-order valence-corrected chi connectivity index (χ0v) is 11.0. The van der Waals surface area contributed by atoms with Crippen molar-refractivity contribution in [3.05, 3.63) is 64.2 Å². The lowest BCUT2D eigenvalue weighted by molar-refractivity contribution is 1.02. The molecule has 1 aromatic carbocycles. The largest absolute Gasteiger partial charge is 0.345 e. The van der Waals surface area contributed by atoms with E-state index in [0.717, 1.165) is 23.6 Å². The molecule has 0 bridgehead atoms. The zero-order valence-electron chi connectivity index (χ0n) is 10.2. The third-order valence-electron chi connectivity index (χ3n) is 2.94. The fourth-order valence-electron chi connectivity index (χ4n) is 2.08. The molecule has 0 radical (unpaired) electrons. The van der Waals surface area contributed by atoms with E-state index in [9.17, 15) is 0 Å². The van der Waals surface area contributed by atoms with Gasteiger partial charge in [0.25, 0.3) is 0 Å². The Balaban J connectivity index is 1.89. The van der Waals surface area contributed by atoms with Crippen molar-refractivity contribution in [1.82, 2.24) is 9.97 Å². The molecule has 1 N–H and O–H groups in total. The maximum absolute atomic E-state index is 4.70. The number of imidazole rings is 1. The molecule has 0 saturated carbocycles. The van der Waals surface area contributed by atoms with Gasteiger partial charge in [0.15, 0.2) is 0 Å². The molecule has 0 amide bonds. The first-order chi connectivity index (χ1) is 8.83. The summed E-state index contributed by atoms with van der Waals surface area (Å²) in [6.45, 7) is 2.08. The Morgan fingerprint density at radius 2 is 2.00 bits per heavy atom. The summed E-state index contributed by atoms with van der Waals surface area (Å²) >= 11 is 1.70. The third-order valence-corrected chi connectivity index (χ3v) is 3.63. The van der Waals surface area contributed by atoms with Gasteiger partial charge in [-0.3, -0.25) is 0 Å². The summed E-state index contributed by atoms with van der Waals surface area (Å²) < 4.78 is 0. The van der Waals surface area contributed by atoms with Gasteiger partial charge in [0.2, 0.25) is 0 Å². The molecule has 0 spiro atoms. The molecule has 0 fully saturated rings. The van der Waals surface area contributed by atoms with Crippen molar-refractivity contribution in [3.63, 3.8) is 0 Å². The first kappa shape index (κ1) is 11.2. The van der Waals surface area contributed by atoms with Crippen LogP contribution < -0.4 is 0 Å². The monoisotopic (exact) mass is 254 g/mol. The number of nitrogens with zero attached hydrogens (tertiary/aromatic N) is 1. The first-order valence-electron chi connectivity index (χ1n) is 5.95. The Labute approximate surface area is 110 Å². The van der Waals surface area contributed by atoms with Gasteiger partial charge in [-0.25, -0.2) is 4.98 Å². The highest BCUT2D eigenvalue weighted by atomic mass is 32.1. The van der Waals surface area contributed by atoms with E-state index in [0.29, 0.717) is 0 Å². The summed E-state index contributed by atoms with van der Waals surface area (Å²) in [6, 6.07) is 12.5. The van der Waals surface area contributed by atoms with Crippen LogP contribution in [0.3, 0.4) is 0 Å². The first-order valence-corrected chi connectivity index (χ1v) is 6.89. The summed E-state index contributed by atoms with van der Waals surface area (Å²) in [7, 11) is 0. The van der Waals surface area contributed by atoms with E-state index >= 15 is 0 Å². The molecule has 3 rings (SSSR count). The van der Waals surface area contributed by atoms with E-state index in [1.165, 1.54) is 11.1 Å². The second-order valence-electron chi connectivity index (χ2n) is 4.33. The summed E-state index contributed by atoms with van der Waals surface area (Å²) in [4.78, 5) is 8.07. The van der Waals surface area contributed by atoms with Crippen molar-refractivity contribution in [2.24, 2.45) is 0 Å². The number of thiophene rings is 1. The molecular weight excluding hydrogens is 240 g/mol. The number of rotatable bonds is 3. The highest BCUT2D eigenvalue weighted by molar-refractivity contribution is 7.08. The molecule has 2 heterocycles. The topological polar surface area (TPSA) is 28.7 Å². The molecule has 0 aliphatic carbocycles. The number of aromatic nitrogens is 2. The smallest absolute Gasteiger partial charge is 0.111 e. The number of aromatic amines is 1. The van der Waals surface area contributed by atoms with Crippen molar-refractivity contribution in [2.45, 2.75) is 13.3 Å². The fraction of sp³-hybridized carbons (Fsp3) is 0.133. The lowest BCUT2D eigenvalue weighted by Crippen LogP contribution is -1.90. The molecule has 0 aliphatic heterocycles. The molecule has 18 heavy (non-hydrogen) atoms. The van der Waals surface area contributed by atoms with Crippen molar-refractivity contribution in [1.29, 1.82) is 0 Å². The van der Waals surface area contributed by atoms with Gasteiger partial charge in [-0.15, -0.1) is 0 Å². The van der Waals surface area contributed by atoms with E-state index in [4.69, 9.17) is 4.98 Å². The molecule has 0 atom stereocenters. The highest BCUT2D eigenvalue weighted by Gasteiger charge is 2.09. The van der Waals surface area contributed by atoms with Crippen LogP contribution in [-0.2, 0) is 6.42 Å². The minimum atomic E-state index is 0.853. The van der Waals surface area contributed by atoms with Crippen LogP contribution in [-0.4, -0.2) is 9.97 Å². The molecule has 3 heteroatoms. The van der Waals surface area contributed by atoms with Crippen LogP contribution in [0.5, 0.6) is 0 Å². The normalized spacial score (nSPS) is 10.7.